The Hall–Kier alpha value is -6.11. The van der Waals surface area contributed by atoms with Crippen LogP contribution in [0.4, 0.5) is 18.9 Å². The smallest absolute Gasteiger partial charge is 0.278 e. The third-order valence-corrected chi connectivity index (χ3v) is 10.5. The first-order valence-corrected chi connectivity index (χ1v) is 18.3. The Morgan fingerprint density at radius 2 is 1.82 bits per heavy atom. The lowest BCUT2D eigenvalue weighted by molar-refractivity contribution is -0.0705. The molecule has 2 aliphatic rings. The van der Waals surface area contributed by atoms with E-state index in [4.69, 9.17) is 30.8 Å². The number of para-hydroxylation sites is 1. The van der Waals surface area contributed by atoms with E-state index in [-0.39, 0.29) is 45.9 Å². The van der Waals surface area contributed by atoms with E-state index >= 15 is 8.78 Å². The number of anilines is 1. The summed E-state index contributed by atoms with van der Waals surface area (Å²) in [5, 5.41) is 11.2. The van der Waals surface area contributed by atoms with Gasteiger partial charge in [0.05, 0.1) is 40.5 Å². The molecule has 0 spiro atoms. The molecular formula is C43H33ClF3N5O4. The summed E-state index contributed by atoms with van der Waals surface area (Å²) in [6.45, 7) is 8.46. The SMILES string of the molecule is C=C(C)c1n[nH]c2ccc(C(=O)Nc3ccc4c(c3)nc(Cc3c(F)cc(-c5cccc6c5OC(C)(c5ccc(Cl)cc5F)O6)cc3F)n4C[C@@H]3CCO3)cc12. The molecule has 56 heavy (non-hydrogen) atoms. The quantitative estimate of drug-likeness (QED) is 0.151. The summed E-state index contributed by atoms with van der Waals surface area (Å²) in [6, 6.07) is 22.2. The van der Waals surface area contributed by atoms with Gasteiger partial charge in [0.25, 0.3) is 11.7 Å². The molecule has 1 unspecified atom stereocenters. The maximum absolute atomic E-state index is 16.1. The van der Waals surface area contributed by atoms with Crippen LogP contribution < -0.4 is 14.8 Å². The first-order valence-electron chi connectivity index (χ1n) is 17.9. The monoisotopic (exact) mass is 775 g/mol. The van der Waals surface area contributed by atoms with Gasteiger partial charge in [0.1, 0.15) is 23.3 Å². The second-order valence-electron chi connectivity index (χ2n) is 14.2. The van der Waals surface area contributed by atoms with E-state index in [2.05, 4.69) is 22.1 Å². The molecule has 2 aromatic heterocycles. The number of carbonyl (C=O) groups excluding carboxylic acids is 1. The van der Waals surface area contributed by atoms with Gasteiger partial charge in [-0.05, 0) is 97.3 Å². The number of fused-ring (bicyclic) bond motifs is 3. The Labute approximate surface area is 323 Å². The predicted molar refractivity (Wildman–Crippen MR) is 207 cm³/mol. The molecule has 4 heterocycles. The van der Waals surface area contributed by atoms with Crippen LogP contribution in [0.2, 0.25) is 5.02 Å². The number of rotatable bonds is 9. The Morgan fingerprint density at radius 1 is 1.02 bits per heavy atom. The molecule has 2 N–H and O–H groups in total. The average molecular weight is 776 g/mol. The number of nitrogens with one attached hydrogen (secondary N) is 2. The highest BCUT2D eigenvalue weighted by Crippen LogP contribution is 2.50. The molecule has 0 saturated carbocycles. The highest BCUT2D eigenvalue weighted by atomic mass is 35.5. The first-order chi connectivity index (χ1) is 26.9. The minimum atomic E-state index is -1.54. The number of aromatic nitrogens is 4. The van der Waals surface area contributed by atoms with Crippen LogP contribution in [0, 0.1) is 17.5 Å². The average Bonchev–Trinajstić information content (AvgIpc) is 3.83. The molecule has 7 aromatic rings. The van der Waals surface area contributed by atoms with Crippen LogP contribution in [-0.2, 0) is 23.5 Å². The molecule has 2 aliphatic heterocycles. The molecule has 9 nitrogen and oxygen atoms in total. The third kappa shape index (κ3) is 6.24. The molecule has 282 valence electrons. The zero-order valence-electron chi connectivity index (χ0n) is 30.2. The van der Waals surface area contributed by atoms with Gasteiger partial charge in [0, 0.05) is 52.7 Å². The highest BCUT2D eigenvalue weighted by Gasteiger charge is 2.42. The van der Waals surface area contributed by atoms with Crippen molar-refractivity contribution in [1.82, 2.24) is 19.7 Å². The van der Waals surface area contributed by atoms with Crippen molar-refractivity contribution in [3.63, 3.8) is 0 Å². The van der Waals surface area contributed by atoms with Gasteiger partial charge in [-0.1, -0.05) is 30.3 Å². The number of allylic oxidation sites excluding steroid dienone is 1. The molecule has 1 amide bonds. The number of amides is 1. The number of hydrogen-bond acceptors (Lipinski definition) is 6. The summed E-state index contributed by atoms with van der Waals surface area (Å²) in [7, 11) is 0. The lowest BCUT2D eigenvalue weighted by Crippen LogP contribution is -2.32. The summed E-state index contributed by atoms with van der Waals surface area (Å²) >= 11 is 5.96. The van der Waals surface area contributed by atoms with E-state index in [1.165, 1.54) is 24.3 Å². The molecule has 0 radical (unpaired) electrons. The summed E-state index contributed by atoms with van der Waals surface area (Å²) in [5.41, 5.74) is 5.00. The van der Waals surface area contributed by atoms with Gasteiger partial charge in [-0.2, -0.15) is 5.10 Å². The number of imidazole rings is 1. The van der Waals surface area contributed by atoms with Gasteiger partial charge >= 0.3 is 0 Å². The number of ether oxygens (including phenoxy) is 3. The Bertz CT molecular complexity index is 2740. The number of carbonyl (C=O) groups is 1. The van der Waals surface area contributed by atoms with E-state index in [9.17, 15) is 9.18 Å². The lowest BCUT2D eigenvalue weighted by atomic mass is 10.00. The van der Waals surface area contributed by atoms with Gasteiger partial charge in [0.15, 0.2) is 11.5 Å². The number of halogens is 4. The minimum absolute atomic E-state index is 0.0704. The maximum Gasteiger partial charge on any atom is 0.278 e. The van der Waals surface area contributed by atoms with Crippen molar-refractivity contribution in [3.05, 3.63) is 142 Å². The highest BCUT2D eigenvalue weighted by molar-refractivity contribution is 6.30. The topological polar surface area (TPSA) is 103 Å². The van der Waals surface area contributed by atoms with Crippen LogP contribution in [0.15, 0.2) is 91.5 Å². The van der Waals surface area contributed by atoms with Gasteiger partial charge in [-0.25, -0.2) is 18.2 Å². The van der Waals surface area contributed by atoms with Crippen molar-refractivity contribution in [2.75, 3.05) is 11.9 Å². The fourth-order valence-electron chi connectivity index (χ4n) is 7.32. The minimum Gasteiger partial charge on any atom is -0.444 e. The normalized spacial score (nSPS) is 17.4. The lowest BCUT2D eigenvalue weighted by Gasteiger charge is -2.27. The van der Waals surface area contributed by atoms with Crippen molar-refractivity contribution in [1.29, 1.82) is 0 Å². The Kier molecular flexibility index (Phi) is 8.62. The molecule has 1 saturated heterocycles. The Morgan fingerprint density at radius 3 is 2.55 bits per heavy atom. The van der Waals surface area contributed by atoms with Gasteiger partial charge in [-0.15, -0.1) is 0 Å². The van der Waals surface area contributed by atoms with Crippen LogP contribution in [0.3, 0.4) is 0 Å². The third-order valence-electron chi connectivity index (χ3n) is 10.3. The summed E-state index contributed by atoms with van der Waals surface area (Å²) in [5.74, 6) is -3.10. The van der Waals surface area contributed by atoms with Crippen LogP contribution in [0.1, 0.15) is 53.3 Å². The molecule has 13 heteroatoms. The van der Waals surface area contributed by atoms with E-state index in [0.717, 1.165) is 34.5 Å². The molecule has 5 aromatic carbocycles. The van der Waals surface area contributed by atoms with E-state index in [0.29, 0.717) is 52.8 Å². The van der Waals surface area contributed by atoms with Crippen molar-refractivity contribution in [2.45, 2.75) is 45.1 Å². The van der Waals surface area contributed by atoms with Gasteiger partial charge < -0.3 is 24.1 Å². The number of aromatic amines is 1. The standard InChI is InChI=1S/C43H33ClF3N5O4/c1-22(2)40-30-15-23(7-11-35(30)50-51-40)42(53)48-26-9-12-37-36(19-26)49-39(52(37)21-27-13-14-54-27)20-29-32(45)16-24(17-33(29)46)28-5-4-6-38-41(28)56-43(3,55-38)31-10-8-25(44)18-34(31)47/h4-12,15-19,27H,1,13-14,20-21H2,2-3H3,(H,48,53)(H,50,51)/t27-,43?/m0/s1. The summed E-state index contributed by atoms with van der Waals surface area (Å²) < 4.78 is 67.0. The molecule has 0 aliphatic carbocycles. The van der Waals surface area contributed by atoms with Gasteiger partial charge in [0.2, 0.25) is 0 Å². The zero-order valence-corrected chi connectivity index (χ0v) is 30.9. The van der Waals surface area contributed by atoms with Crippen molar-refractivity contribution < 1.29 is 32.2 Å². The molecular weight excluding hydrogens is 743 g/mol. The number of hydrogen-bond donors (Lipinski definition) is 2. The van der Waals surface area contributed by atoms with E-state index in [1.807, 2.05) is 17.6 Å². The van der Waals surface area contributed by atoms with E-state index in [1.54, 1.807) is 55.5 Å². The van der Waals surface area contributed by atoms with Crippen molar-refractivity contribution >= 4 is 50.7 Å². The Balaban J connectivity index is 1.01. The van der Waals surface area contributed by atoms with Crippen molar-refractivity contribution in [3.8, 4) is 22.6 Å². The molecule has 0 bridgehead atoms. The van der Waals surface area contributed by atoms with Crippen LogP contribution in [0.25, 0.3) is 38.6 Å². The maximum atomic E-state index is 16.1. The fourth-order valence-corrected chi connectivity index (χ4v) is 7.48. The van der Waals surface area contributed by atoms with Crippen LogP contribution in [0.5, 0.6) is 11.5 Å². The largest absolute Gasteiger partial charge is 0.444 e. The zero-order chi connectivity index (χ0) is 38.9. The summed E-state index contributed by atoms with van der Waals surface area (Å²) in [6.07, 6.45) is 0.617. The number of H-pyrrole nitrogens is 1. The second kappa shape index (κ2) is 13.6. The molecule has 1 fully saturated rings. The molecule has 9 rings (SSSR count). The van der Waals surface area contributed by atoms with Crippen molar-refractivity contribution in [2.24, 2.45) is 0 Å². The van der Waals surface area contributed by atoms with Gasteiger partial charge in [-0.3, -0.25) is 9.89 Å². The summed E-state index contributed by atoms with van der Waals surface area (Å²) in [4.78, 5) is 18.2. The van der Waals surface area contributed by atoms with E-state index < -0.39 is 23.2 Å². The second-order valence-corrected chi connectivity index (χ2v) is 14.6. The number of nitrogens with zero attached hydrogens (tertiary/aromatic N) is 3. The molecule has 2 atom stereocenters. The predicted octanol–water partition coefficient (Wildman–Crippen LogP) is 9.96. The fraction of sp³-hybridized carbons (Fsp3) is 0.186. The first kappa shape index (κ1) is 35.6. The van der Waals surface area contributed by atoms with Crippen LogP contribution in [-0.4, -0.2) is 38.4 Å². The van der Waals surface area contributed by atoms with Crippen LogP contribution >= 0.6 is 11.6 Å². The number of benzene rings is 5.